The van der Waals surface area contributed by atoms with Gasteiger partial charge in [0.2, 0.25) is 0 Å². The summed E-state index contributed by atoms with van der Waals surface area (Å²) in [4.78, 5) is 0. The highest BCUT2D eigenvalue weighted by atomic mass is 79.9. The number of nitrogens with two attached hydrogens (primary N) is 1. The van der Waals surface area contributed by atoms with Crippen LogP contribution in [0.3, 0.4) is 0 Å². The SMILES string of the molecule is Br.COc1ccc(C(C)N)cc1. The van der Waals surface area contributed by atoms with Gasteiger partial charge in [-0.2, -0.15) is 0 Å². The van der Waals surface area contributed by atoms with Crippen LogP contribution in [-0.2, 0) is 0 Å². The second-order valence-corrected chi connectivity index (χ2v) is 2.56. The summed E-state index contributed by atoms with van der Waals surface area (Å²) in [6, 6.07) is 7.88. The molecule has 0 aromatic heterocycles. The van der Waals surface area contributed by atoms with Gasteiger partial charge in [-0.1, -0.05) is 12.1 Å². The third kappa shape index (κ3) is 2.83. The van der Waals surface area contributed by atoms with Crippen molar-refractivity contribution >= 4 is 17.0 Å². The van der Waals surface area contributed by atoms with Gasteiger partial charge in [-0.25, -0.2) is 0 Å². The van der Waals surface area contributed by atoms with Crippen LogP contribution in [0.5, 0.6) is 5.75 Å². The van der Waals surface area contributed by atoms with E-state index in [0.29, 0.717) is 0 Å². The molecule has 0 heterocycles. The molecule has 0 saturated carbocycles. The summed E-state index contributed by atoms with van der Waals surface area (Å²) < 4.78 is 5.01. The van der Waals surface area contributed by atoms with E-state index < -0.39 is 0 Å². The van der Waals surface area contributed by atoms with Crippen LogP contribution >= 0.6 is 17.0 Å². The van der Waals surface area contributed by atoms with Gasteiger partial charge in [-0.3, -0.25) is 0 Å². The minimum atomic E-state index is 0. The van der Waals surface area contributed by atoms with Gasteiger partial charge in [0, 0.05) is 6.04 Å². The number of halogens is 1. The molecule has 0 bridgehead atoms. The fourth-order valence-electron chi connectivity index (χ4n) is 0.907. The monoisotopic (exact) mass is 231 g/mol. The minimum absolute atomic E-state index is 0. The molecule has 1 rings (SSSR count). The molecule has 1 aromatic rings. The number of ether oxygens (including phenoxy) is 1. The number of methoxy groups -OCH3 is 1. The topological polar surface area (TPSA) is 35.2 Å². The van der Waals surface area contributed by atoms with Gasteiger partial charge in [0.15, 0.2) is 0 Å². The first-order valence-electron chi connectivity index (χ1n) is 3.63. The maximum Gasteiger partial charge on any atom is 0.118 e. The maximum absolute atomic E-state index is 5.66. The smallest absolute Gasteiger partial charge is 0.118 e. The summed E-state index contributed by atoms with van der Waals surface area (Å²) in [5, 5.41) is 0. The van der Waals surface area contributed by atoms with Gasteiger partial charge < -0.3 is 10.5 Å². The number of hydrogen-bond acceptors (Lipinski definition) is 2. The molecule has 1 unspecified atom stereocenters. The van der Waals surface area contributed by atoms with Gasteiger partial charge in [0.05, 0.1) is 7.11 Å². The maximum atomic E-state index is 5.66. The quantitative estimate of drug-likeness (QED) is 0.848. The number of hydrogen-bond donors (Lipinski definition) is 1. The Hall–Kier alpha value is -0.540. The van der Waals surface area contributed by atoms with E-state index in [9.17, 15) is 0 Å². The van der Waals surface area contributed by atoms with E-state index in [1.807, 2.05) is 31.2 Å². The molecule has 0 fully saturated rings. The molecule has 0 saturated heterocycles. The molecular weight excluding hydrogens is 218 g/mol. The first kappa shape index (κ1) is 11.5. The molecule has 1 aromatic carbocycles. The Labute approximate surface area is 83.5 Å². The first-order valence-corrected chi connectivity index (χ1v) is 3.63. The zero-order valence-electron chi connectivity index (χ0n) is 7.28. The Morgan fingerprint density at radius 3 is 2.08 bits per heavy atom. The molecule has 2 N–H and O–H groups in total. The molecule has 68 valence electrons. The first-order chi connectivity index (χ1) is 5.24. The molecule has 0 aliphatic carbocycles. The lowest BCUT2D eigenvalue weighted by Gasteiger charge is -2.05. The minimum Gasteiger partial charge on any atom is -0.497 e. The Morgan fingerprint density at radius 2 is 1.75 bits per heavy atom. The van der Waals surface area contributed by atoms with Gasteiger partial charge in [-0.05, 0) is 24.6 Å². The third-order valence-corrected chi connectivity index (χ3v) is 1.64. The molecule has 0 spiro atoms. The van der Waals surface area contributed by atoms with Crippen LogP contribution in [0.1, 0.15) is 18.5 Å². The van der Waals surface area contributed by atoms with Crippen LogP contribution in [0.15, 0.2) is 24.3 Å². The van der Waals surface area contributed by atoms with Crippen LogP contribution in [-0.4, -0.2) is 7.11 Å². The molecule has 0 amide bonds. The Kier molecular flexibility index (Phi) is 4.93. The van der Waals surface area contributed by atoms with E-state index in [0.717, 1.165) is 11.3 Å². The van der Waals surface area contributed by atoms with E-state index in [2.05, 4.69) is 0 Å². The standard InChI is InChI=1S/C9H13NO.BrH/c1-7(10)8-3-5-9(11-2)6-4-8;/h3-7H,10H2,1-2H3;1H. The van der Waals surface area contributed by atoms with Crippen molar-refractivity contribution in [1.29, 1.82) is 0 Å². The largest absolute Gasteiger partial charge is 0.497 e. The van der Waals surface area contributed by atoms with Crippen LogP contribution in [0, 0.1) is 0 Å². The van der Waals surface area contributed by atoms with Crippen LogP contribution < -0.4 is 10.5 Å². The fourth-order valence-corrected chi connectivity index (χ4v) is 0.907. The normalized spacial score (nSPS) is 11.6. The summed E-state index contributed by atoms with van der Waals surface area (Å²) in [6.45, 7) is 1.96. The molecule has 12 heavy (non-hydrogen) atoms. The second kappa shape index (κ2) is 5.17. The van der Waals surface area contributed by atoms with Crippen molar-refractivity contribution in [2.45, 2.75) is 13.0 Å². The van der Waals surface area contributed by atoms with E-state index in [-0.39, 0.29) is 23.0 Å². The zero-order chi connectivity index (χ0) is 8.27. The molecule has 3 heteroatoms. The zero-order valence-corrected chi connectivity index (χ0v) is 8.99. The second-order valence-electron chi connectivity index (χ2n) is 2.56. The summed E-state index contributed by atoms with van der Waals surface area (Å²) in [6.07, 6.45) is 0. The van der Waals surface area contributed by atoms with Crippen molar-refractivity contribution in [2.24, 2.45) is 5.73 Å². The van der Waals surface area contributed by atoms with E-state index in [1.165, 1.54) is 0 Å². The summed E-state index contributed by atoms with van der Waals surface area (Å²) in [5.74, 6) is 0.870. The average Bonchev–Trinajstić information content (AvgIpc) is 2.05. The van der Waals surface area contributed by atoms with Crippen molar-refractivity contribution in [2.75, 3.05) is 7.11 Å². The van der Waals surface area contributed by atoms with E-state index in [1.54, 1.807) is 7.11 Å². The predicted octanol–water partition coefficient (Wildman–Crippen LogP) is 2.29. The molecule has 0 aliphatic heterocycles. The summed E-state index contributed by atoms with van der Waals surface area (Å²) in [7, 11) is 1.65. The Bertz CT molecular complexity index is 220. The summed E-state index contributed by atoms with van der Waals surface area (Å²) >= 11 is 0. The Balaban J connectivity index is 0.00000121. The van der Waals surface area contributed by atoms with Crippen LogP contribution in [0.4, 0.5) is 0 Å². The Morgan fingerprint density at radius 1 is 1.25 bits per heavy atom. The molecule has 1 atom stereocenters. The van der Waals surface area contributed by atoms with Crippen molar-refractivity contribution < 1.29 is 4.74 Å². The van der Waals surface area contributed by atoms with E-state index in [4.69, 9.17) is 10.5 Å². The molecular formula is C9H14BrNO. The lowest BCUT2D eigenvalue weighted by molar-refractivity contribution is 0.414. The van der Waals surface area contributed by atoms with Gasteiger partial charge >= 0.3 is 0 Å². The fraction of sp³-hybridized carbons (Fsp3) is 0.333. The predicted molar refractivity (Wildman–Crippen MR) is 55.9 cm³/mol. The highest BCUT2D eigenvalue weighted by Crippen LogP contribution is 2.14. The summed E-state index contributed by atoms with van der Waals surface area (Å²) in [5.41, 5.74) is 6.79. The molecule has 0 aliphatic rings. The third-order valence-electron chi connectivity index (χ3n) is 1.64. The highest BCUT2D eigenvalue weighted by Gasteiger charge is 1.97. The van der Waals surface area contributed by atoms with Gasteiger partial charge in [0.25, 0.3) is 0 Å². The van der Waals surface area contributed by atoms with Crippen LogP contribution in [0.25, 0.3) is 0 Å². The molecule has 2 nitrogen and oxygen atoms in total. The lowest BCUT2D eigenvalue weighted by atomic mass is 10.1. The lowest BCUT2D eigenvalue weighted by Crippen LogP contribution is -2.04. The average molecular weight is 232 g/mol. The van der Waals surface area contributed by atoms with Gasteiger partial charge in [0.1, 0.15) is 5.75 Å². The van der Waals surface area contributed by atoms with Crippen LogP contribution in [0.2, 0.25) is 0 Å². The number of benzene rings is 1. The molecule has 0 radical (unpaired) electrons. The number of rotatable bonds is 2. The van der Waals surface area contributed by atoms with E-state index >= 15 is 0 Å². The van der Waals surface area contributed by atoms with Crippen molar-refractivity contribution in [3.8, 4) is 5.75 Å². The highest BCUT2D eigenvalue weighted by molar-refractivity contribution is 8.93. The van der Waals surface area contributed by atoms with Crippen molar-refractivity contribution in [3.05, 3.63) is 29.8 Å². The van der Waals surface area contributed by atoms with Crippen molar-refractivity contribution in [1.82, 2.24) is 0 Å². The van der Waals surface area contributed by atoms with Crippen molar-refractivity contribution in [3.63, 3.8) is 0 Å². The van der Waals surface area contributed by atoms with Gasteiger partial charge in [-0.15, -0.1) is 17.0 Å².